The van der Waals surface area contributed by atoms with Crippen molar-refractivity contribution in [3.8, 4) is 0 Å². The van der Waals surface area contributed by atoms with Gasteiger partial charge in [0.15, 0.2) is 0 Å². The molecule has 2 heterocycles. The van der Waals surface area contributed by atoms with Crippen LogP contribution in [0.25, 0.3) is 10.2 Å². The minimum absolute atomic E-state index is 0.864. The van der Waals surface area contributed by atoms with Crippen LogP contribution in [0.5, 0.6) is 0 Å². The molecule has 0 aliphatic carbocycles. The maximum atomic E-state index is 4.48. The molecule has 0 saturated heterocycles. The SMILES string of the molecule is CNc1nc(CSC)nc2sccc12. The Hall–Kier alpha value is -0.810. The van der Waals surface area contributed by atoms with E-state index in [0.717, 1.165) is 27.6 Å². The number of hydrogen-bond acceptors (Lipinski definition) is 5. The van der Waals surface area contributed by atoms with Gasteiger partial charge in [0.25, 0.3) is 0 Å². The first-order chi connectivity index (χ1) is 6.85. The van der Waals surface area contributed by atoms with Crippen LogP contribution < -0.4 is 5.32 Å². The van der Waals surface area contributed by atoms with Gasteiger partial charge in [0.1, 0.15) is 16.5 Å². The second-order valence-corrected chi connectivity index (χ2v) is 4.57. The second-order valence-electron chi connectivity index (χ2n) is 2.81. The normalized spacial score (nSPS) is 10.7. The van der Waals surface area contributed by atoms with Gasteiger partial charge in [0.2, 0.25) is 0 Å². The number of anilines is 1. The van der Waals surface area contributed by atoms with Crippen molar-refractivity contribution < 1.29 is 0 Å². The predicted octanol–water partition coefficient (Wildman–Crippen LogP) is 2.60. The molecule has 0 radical (unpaired) electrons. The van der Waals surface area contributed by atoms with Crippen LogP contribution in [0.2, 0.25) is 0 Å². The number of nitrogens with zero attached hydrogens (tertiary/aromatic N) is 2. The van der Waals surface area contributed by atoms with Gasteiger partial charge in [-0.05, 0) is 17.7 Å². The van der Waals surface area contributed by atoms with Crippen LogP contribution in [-0.4, -0.2) is 23.3 Å². The molecule has 1 N–H and O–H groups in total. The maximum absolute atomic E-state index is 4.48. The molecular weight excluding hydrogens is 214 g/mol. The lowest BCUT2D eigenvalue weighted by Gasteiger charge is -2.03. The number of fused-ring (bicyclic) bond motifs is 1. The molecule has 0 fully saturated rings. The molecule has 0 aliphatic heterocycles. The van der Waals surface area contributed by atoms with Crippen LogP contribution in [0, 0.1) is 0 Å². The monoisotopic (exact) mass is 225 g/mol. The van der Waals surface area contributed by atoms with Crippen LogP contribution in [0.3, 0.4) is 0 Å². The van der Waals surface area contributed by atoms with Crippen molar-refractivity contribution in [1.82, 2.24) is 9.97 Å². The average molecular weight is 225 g/mol. The number of nitrogens with one attached hydrogen (secondary N) is 1. The molecule has 0 spiro atoms. The molecule has 5 heteroatoms. The number of hydrogen-bond donors (Lipinski definition) is 1. The molecule has 0 bridgehead atoms. The molecule has 2 aromatic rings. The first-order valence-corrected chi connectivity index (χ1v) is 6.53. The minimum Gasteiger partial charge on any atom is -0.372 e. The molecule has 0 aliphatic rings. The molecule has 0 saturated carbocycles. The average Bonchev–Trinajstić information content (AvgIpc) is 2.65. The van der Waals surface area contributed by atoms with Gasteiger partial charge in [-0.2, -0.15) is 11.8 Å². The van der Waals surface area contributed by atoms with Crippen LogP contribution in [0.4, 0.5) is 5.82 Å². The van der Waals surface area contributed by atoms with E-state index >= 15 is 0 Å². The minimum atomic E-state index is 0.864. The summed E-state index contributed by atoms with van der Waals surface area (Å²) < 4.78 is 0. The zero-order chi connectivity index (χ0) is 9.97. The summed E-state index contributed by atoms with van der Waals surface area (Å²) in [5.41, 5.74) is 0. The van der Waals surface area contributed by atoms with Crippen LogP contribution >= 0.6 is 23.1 Å². The molecule has 0 aromatic carbocycles. The fourth-order valence-corrected chi connectivity index (χ4v) is 2.45. The van der Waals surface area contributed by atoms with Crippen LogP contribution in [0.15, 0.2) is 11.4 Å². The Morgan fingerprint density at radius 3 is 3.07 bits per heavy atom. The highest BCUT2D eigenvalue weighted by Crippen LogP contribution is 2.25. The van der Waals surface area contributed by atoms with E-state index in [9.17, 15) is 0 Å². The van der Waals surface area contributed by atoms with Crippen molar-refractivity contribution >= 4 is 39.1 Å². The summed E-state index contributed by atoms with van der Waals surface area (Å²) in [7, 11) is 1.89. The van der Waals surface area contributed by atoms with E-state index in [4.69, 9.17) is 0 Å². The molecule has 14 heavy (non-hydrogen) atoms. The van der Waals surface area contributed by atoms with Crippen molar-refractivity contribution in [3.05, 3.63) is 17.3 Å². The number of thioether (sulfide) groups is 1. The first kappa shape index (κ1) is 9.73. The van der Waals surface area contributed by atoms with Gasteiger partial charge in [0.05, 0.1) is 11.1 Å². The van der Waals surface area contributed by atoms with E-state index in [0.29, 0.717) is 0 Å². The fourth-order valence-electron chi connectivity index (χ4n) is 1.28. The van der Waals surface area contributed by atoms with E-state index in [1.807, 2.05) is 12.4 Å². The third-order valence-electron chi connectivity index (χ3n) is 1.88. The summed E-state index contributed by atoms with van der Waals surface area (Å²) in [5.74, 6) is 2.69. The van der Waals surface area contributed by atoms with Gasteiger partial charge in [-0.15, -0.1) is 11.3 Å². The Kier molecular flexibility index (Phi) is 2.88. The first-order valence-electron chi connectivity index (χ1n) is 4.26. The lowest BCUT2D eigenvalue weighted by atomic mass is 10.4. The highest BCUT2D eigenvalue weighted by molar-refractivity contribution is 7.97. The molecule has 74 valence electrons. The van der Waals surface area contributed by atoms with E-state index in [-0.39, 0.29) is 0 Å². The van der Waals surface area contributed by atoms with Gasteiger partial charge in [-0.25, -0.2) is 9.97 Å². The summed E-state index contributed by atoms with van der Waals surface area (Å²) >= 11 is 3.39. The Bertz CT molecular complexity index is 439. The highest BCUT2D eigenvalue weighted by atomic mass is 32.2. The van der Waals surface area contributed by atoms with Gasteiger partial charge in [0, 0.05) is 7.05 Å². The van der Waals surface area contributed by atoms with Crippen molar-refractivity contribution in [1.29, 1.82) is 0 Å². The van der Waals surface area contributed by atoms with E-state index < -0.39 is 0 Å². The molecular formula is C9H11N3S2. The van der Waals surface area contributed by atoms with Gasteiger partial charge in [-0.3, -0.25) is 0 Å². The summed E-state index contributed by atoms with van der Waals surface area (Å²) in [5, 5.41) is 6.26. The van der Waals surface area contributed by atoms with Crippen molar-refractivity contribution in [2.45, 2.75) is 5.75 Å². The van der Waals surface area contributed by atoms with E-state index in [1.165, 1.54) is 0 Å². The number of aromatic nitrogens is 2. The number of rotatable bonds is 3. The molecule has 2 rings (SSSR count). The Labute approximate surface area is 91.0 Å². The number of thiophene rings is 1. The van der Waals surface area contributed by atoms with Crippen molar-refractivity contribution in [2.24, 2.45) is 0 Å². The highest BCUT2D eigenvalue weighted by Gasteiger charge is 2.06. The maximum Gasteiger partial charge on any atom is 0.142 e. The summed E-state index contributed by atoms with van der Waals surface area (Å²) in [6.07, 6.45) is 2.06. The van der Waals surface area contributed by atoms with Gasteiger partial charge < -0.3 is 5.32 Å². The molecule has 0 unspecified atom stereocenters. The lowest BCUT2D eigenvalue weighted by molar-refractivity contribution is 1.08. The van der Waals surface area contributed by atoms with Gasteiger partial charge >= 0.3 is 0 Å². The third kappa shape index (κ3) is 1.69. The van der Waals surface area contributed by atoms with E-state index in [1.54, 1.807) is 23.1 Å². The smallest absolute Gasteiger partial charge is 0.142 e. The Morgan fingerprint density at radius 1 is 1.50 bits per heavy atom. The van der Waals surface area contributed by atoms with Crippen molar-refractivity contribution in [2.75, 3.05) is 18.6 Å². The third-order valence-corrected chi connectivity index (χ3v) is 3.24. The summed E-state index contributed by atoms with van der Waals surface area (Å²) in [6, 6.07) is 2.05. The summed E-state index contributed by atoms with van der Waals surface area (Å²) in [6.45, 7) is 0. The lowest BCUT2D eigenvalue weighted by Crippen LogP contribution is -1.98. The standard InChI is InChI=1S/C9H11N3S2/c1-10-8-6-3-4-14-9(6)12-7(11-8)5-13-2/h3-4H,5H2,1-2H3,(H,10,11,12). The predicted molar refractivity (Wildman–Crippen MR) is 64.2 cm³/mol. The Morgan fingerprint density at radius 2 is 2.36 bits per heavy atom. The topological polar surface area (TPSA) is 37.8 Å². The molecule has 3 nitrogen and oxygen atoms in total. The molecule has 0 atom stereocenters. The quantitative estimate of drug-likeness (QED) is 0.871. The zero-order valence-corrected chi connectivity index (χ0v) is 9.71. The summed E-state index contributed by atoms with van der Waals surface area (Å²) in [4.78, 5) is 9.99. The second kappa shape index (κ2) is 4.14. The molecule has 0 amide bonds. The van der Waals surface area contributed by atoms with Crippen molar-refractivity contribution in [3.63, 3.8) is 0 Å². The van der Waals surface area contributed by atoms with E-state index in [2.05, 4.69) is 27.6 Å². The van der Waals surface area contributed by atoms with Crippen LogP contribution in [-0.2, 0) is 5.75 Å². The fraction of sp³-hybridized carbons (Fsp3) is 0.333. The van der Waals surface area contributed by atoms with Gasteiger partial charge in [-0.1, -0.05) is 0 Å². The largest absolute Gasteiger partial charge is 0.372 e. The zero-order valence-electron chi connectivity index (χ0n) is 8.07. The molecule has 2 aromatic heterocycles. The Balaban J connectivity index is 2.55. The van der Waals surface area contributed by atoms with Crippen LogP contribution in [0.1, 0.15) is 5.82 Å².